The lowest BCUT2D eigenvalue weighted by Crippen LogP contribution is -2.00. The SMILES string of the molecule is Cc1cc(N)ccc1Nc1c(F)cc(Br)cc1F. The second-order valence-corrected chi connectivity index (χ2v) is 4.86. The van der Waals surface area contributed by atoms with Crippen molar-refractivity contribution in [2.45, 2.75) is 6.92 Å². The second kappa shape index (κ2) is 4.94. The third kappa shape index (κ3) is 2.61. The highest BCUT2D eigenvalue weighted by molar-refractivity contribution is 9.10. The molecule has 0 aromatic heterocycles. The number of nitrogens with one attached hydrogen (secondary N) is 1. The van der Waals surface area contributed by atoms with Crippen LogP contribution in [-0.2, 0) is 0 Å². The fraction of sp³-hybridized carbons (Fsp3) is 0.0769. The van der Waals surface area contributed by atoms with Crippen LogP contribution in [0.1, 0.15) is 5.56 Å². The molecule has 2 rings (SSSR count). The maximum absolute atomic E-state index is 13.7. The van der Waals surface area contributed by atoms with Crippen LogP contribution < -0.4 is 11.1 Å². The molecule has 2 aromatic carbocycles. The lowest BCUT2D eigenvalue weighted by molar-refractivity contribution is 0.589. The molecule has 0 unspecified atom stereocenters. The fourth-order valence-electron chi connectivity index (χ4n) is 1.62. The van der Waals surface area contributed by atoms with Crippen LogP contribution in [0, 0.1) is 18.6 Å². The van der Waals surface area contributed by atoms with Gasteiger partial charge in [-0.05, 0) is 42.8 Å². The zero-order chi connectivity index (χ0) is 13.3. The van der Waals surface area contributed by atoms with Gasteiger partial charge in [-0.15, -0.1) is 0 Å². The van der Waals surface area contributed by atoms with E-state index in [2.05, 4.69) is 21.2 Å². The molecule has 0 aliphatic carbocycles. The average Bonchev–Trinajstić information content (AvgIpc) is 2.25. The average molecular weight is 313 g/mol. The number of benzene rings is 2. The molecule has 0 amide bonds. The molecule has 5 heteroatoms. The van der Waals surface area contributed by atoms with E-state index >= 15 is 0 Å². The Labute approximate surface area is 112 Å². The first-order valence-electron chi connectivity index (χ1n) is 5.25. The summed E-state index contributed by atoms with van der Waals surface area (Å²) in [7, 11) is 0. The van der Waals surface area contributed by atoms with E-state index in [1.54, 1.807) is 18.2 Å². The van der Waals surface area contributed by atoms with E-state index in [1.807, 2.05) is 6.92 Å². The Morgan fingerprint density at radius 2 is 1.72 bits per heavy atom. The second-order valence-electron chi connectivity index (χ2n) is 3.94. The molecule has 3 N–H and O–H groups in total. The number of hydrogen-bond donors (Lipinski definition) is 2. The molecule has 0 fully saturated rings. The molecular weight excluding hydrogens is 302 g/mol. The number of halogens is 3. The van der Waals surface area contributed by atoms with E-state index in [0.29, 0.717) is 15.8 Å². The molecule has 0 spiro atoms. The van der Waals surface area contributed by atoms with Gasteiger partial charge in [0.05, 0.1) is 0 Å². The van der Waals surface area contributed by atoms with Crippen molar-refractivity contribution in [3.05, 3.63) is 52.0 Å². The summed E-state index contributed by atoms with van der Waals surface area (Å²) in [5.41, 5.74) is 7.48. The third-order valence-electron chi connectivity index (χ3n) is 2.52. The topological polar surface area (TPSA) is 38.0 Å². The van der Waals surface area contributed by atoms with Crippen molar-refractivity contribution < 1.29 is 8.78 Å². The number of aryl methyl sites for hydroxylation is 1. The summed E-state index contributed by atoms with van der Waals surface area (Å²) in [4.78, 5) is 0. The number of nitrogen functional groups attached to an aromatic ring is 1. The largest absolute Gasteiger partial charge is 0.399 e. The van der Waals surface area contributed by atoms with Crippen molar-refractivity contribution in [2.75, 3.05) is 11.1 Å². The predicted octanol–water partition coefficient (Wildman–Crippen LogP) is 4.36. The van der Waals surface area contributed by atoms with Gasteiger partial charge in [0.15, 0.2) is 11.6 Å². The van der Waals surface area contributed by atoms with Crippen molar-refractivity contribution in [2.24, 2.45) is 0 Å². The molecule has 2 aromatic rings. The number of nitrogens with two attached hydrogens (primary N) is 1. The van der Waals surface area contributed by atoms with Gasteiger partial charge in [-0.25, -0.2) is 8.78 Å². The van der Waals surface area contributed by atoms with Crippen molar-refractivity contribution >= 4 is 33.0 Å². The van der Waals surface area contributed by atoms with Gasteiger partial charge >= 0.3 is 0 Å². The van der Waals surface area contributed by atoms with Crippen LogP contribution in [-0.4, -0.2) is 0 Å². The van der Waals surface area contributed by atoms with E-state index in [0.717, 1.165) is 5.56 Å². The number of rotatable bonds is 2. The van der Waals surface area contributed by atoms with Crippen molar-refractivity contribution in [1.29, 1.82) is 0 Å². The number of anilines is 3. The molecule has 0 atom stereocenters. The zero-order valence-electron chi connectivity index (χ0n) is 9.60. The Morgan fingerprint density at radius 1 is 1.11 bits per heavy atom. The van der Waals surface area contributed by atoms with Crippen molar-refractivity contribution in [3.8, 4) is 0 Å². The Balaban J connectivity index is 2.40. The predicted molar refractivity (Wildman–Crippen MR) is 72.9 cm³/mol. The summed E-state index contributed by atoms with van der Waals surface area (Å²) < 4.78 is 27.7. The molecule has 18 heavy (non-hydrogen) atoms. The van der Waals surface area contributed by atoms with Gasteiger partial charge in [-0.1, -0.05) is 15.9 Å². The summed E-state index contributed by atoms with van der Waals surface area (Å²) in [6.45, 7) is 1.81. The Kier molecular flexibility index (Phi) is 3.52. The Hall–Kier alpha value is -1.62. The fourth-order valence-corrected chi connectivity index (χ4v) is 2.03. The maximum Gasteiger partial charge on any atom is 0.150 e. The van der Waals surface area contributed by atoms with Crippen LogP contribution in [0.25, 0.3) is 0 Å². The minimum atomic E-state index is -0.655. The van der Waals surface area contributed by atoms with Crippen LogP contribution in [0.15, 0.2) is 34.8 Å². The molecule has 94 valence electrons. The van der Waals surface area contributed by atoms with Gasteiger partial charge in [-0.3, -0.25) is 0 Å². The lowest BCUT2D eigenvalue weighted by atomic mass is 10.1. The standard InChI is InChI=1S/C13H11BrF2N2/c1-7-4-9(17)2-3-12(7)18-13-10(15)5-8(14)6-11(13)16/h2-6,18H,17H2,1H3. The molecular formula is C13H11BrF2N2. The Morgan fingerprint density at radius 3 is 2.28 bits per heavy atom. The van der Waals surface area contributed by atoms with E-state index in [1.165, 1.54) is 12.1 Å². The highest BCUT2D eigenvalue weighted by Gasteiger charge is 2.11. The first kappa shape index (κ1) is 12.8. The third-order valence-corrected chi connectivity index (χ3v) is 2.97. The van der Waals surface area contributed by atoms with Gasteiger partial charge in [0, 0.05) is 15.8 Å². The van der Waals surface area contributed by atoms with Crippen LogP contribution in [0.3, 0.4) is 0 Å². The number of hydrogen-bond acceptors (Lipinski definition) is 2. The lowest BCUT2D eigenvalue weighted by Gasteiger charge is -2.12. The normalized spacial score (nSPS) is 10.4. The Bertz CT molecular complexity index is 577. The van der Waals surface area contributed by atoms with Crippen LogP contribution in [0.5, 0.6) is 0 Å². The van der Waals surface area contributed by atoms with Crippen LogP contribution in [0.2, 0.25) is 0 Å². The molecule has 0 radical (unpaired) electrons. The molecule has 0 heterocycles. The van der Waals surface area contributed by atoms with Gasteiger partial charge in [0.25, 0.3) is 0 Å². The van der Waals surface area contributed by atoms with Gasteiger partial charge in [0.2, 0.25) is 0 Å². The monoisotopic (exact) mass is 312 g/mol. The summed E-state index contributed by atoms with van der Waals surface area (Å²) in [6, 6.07) is 7.50. The van der Waals surface area contributed by atoms with Crippen LogP contribution in [0.4, 0.5) is 25.8 Å². The van der Waals surface area contributed by atoms with E-state index in [4.69, 9.17) is 5.73 Å². The molecule has 0 saturated carbocycles. The highest BCUT2D eigenvalue weighted by Crippen LogP contribution is 2.28. The molecule has 0 aliphatic rings. The van der Waals surface area contributed by atoms with Gasteiger partial charge < -0.3 is 11.1 Å². The maximum atomic E-state index is 13.7. The smallest absolute Gasteiger partial charge is 0.150 e. The van der Waals surface area contributed by atoms with Crippen molar-refractivity contribution in [1.82, 2.24) is 0 Å². The first-order valence-corrected chi connectivity index (χ1v) is 6.04. The molecule has 0 saturated heterocycles. The van der Waals surface area contributed by atoms with Gasteiger partial charge in [-0.2, -0.15) is 0 Å². The highest BCUT2D eigenvalue weighted by atomic mass is 79.9. The van der Waals surface area contributed by atoms with Crippen LogP contribution >= 0.6 is 15.9 Å². The summed E-state index contributed by atoms with van der Waals surface area (Å²) in [5.74, 6) is -1.31. The first-order chi connectivity index (χ1) is 8.47. The minimum absolute atomic E-state index is 0.175. The summed E-state index contributed by atoms with van der Waals surface area (Å²) in [5, 5.41) is 2.74. The van der Waals surface area contributed by atoms with E-state index in [9.17, 15) is 8.78 Å². The van der Waals surface area contributed by atoms with E-state index < -0.39 is 11.6 Å². The zero-order valence-corrected chi connectivity index (χ0v) is 11.2. The summed E-state index contributed by atoms with van der Waals surface area (Å²) >= 11 is 3.03. The summed E-state index contributed by atoms with van der Waals surface area (Å²) in [6.07, 6.45) is 0. The van der Waals surface area contributed by atoms with Crippen molar-refractivity contribution in [3.63, 3.8) is 0 Å². The quantitative estimate of drug-likeness (QED) is 0.808. The molecule has 0 bridgehead atoms. The van der Waals surface area contributed by atoms with E-state index in [-0.39, 0.29) is 5.69 Å². The molecule has 0 aliphatic heterocycles. The minimum Gasteiger partial charge on any atom is -0.399 e. The van der Waals surface area contributed by atoms with Gasteiger partial charge in [0.1, 0.15) is 5.69 Å². The molecule has 2 nitrogen and oxygen atoms in total.